The molecule has 0 bridgehead atoms. The third-order valence-electron chi connectivity index (χ3n) is 3.70. The van der Waals surface area contributed by atoms with Gasteiger partial charge in [-0.1, -0.05) is 12.1 Å². The minimum atomic E-state index is -4.57. The van der Waals surface area contributed by atoms with Crippen molar-refractivity contribution in [1.29, 1.82) is 0 Å². The van der Waals surface area contributed by atoms with Gasteiger partial charge in [0.25, 0.3) is 5.91 Å². The second-order valence-corrected chi connectivity index (χ2v) is 5.47. The van der Waals surface area contributed by atoms with Gasteiger partial charge in [0.2, 0.25) is 0 Å². The molecule has 1 unspecified atom stereocenters. The number of carboxylic acid groups (broad SMARTS) is 1. The number of aliphatic carboxylic acids is 1. The number of ether oxygens (including phenoxy) is 1. The fourth-order valence-electron chi connectivity index (χ4n) is 2.30. The first kappa shape index (κ1) is 17.1. The van der Waals surface area contributed by atoms with Crippen LogP contribution in [0.25, 0.3) is 0 Å². The van der Waals surface area contributed by atoms with E-state index in [1.54, 1.807) is 0 Å². The molecular weight excluding hydrogens is 315 g/mol. The number of hydrogen-bond acceptors (Lipinski definition) is 3. The molecule has 1 aliphatic rings. The van der Waals surface area contributed by atoms with E-state index in [1.807, 2.05) is 0 Å². The fraction of sp³-hybridized carbons (Fsp3) is 0.467. The Kier molecular flexibility index (Phi) is 4.82. The van der Waals surface area contributed by atoms with Crippen LogP contribution in [0.1, 0.15) is 25.3 Å². The summed E-state index contributed by atoms with van der Waals surface area (Å²) in [5.74, 6) is -2.39. The van der Waals surface area contributed by atoms with E-state index in [4.69, 9.17) is 9.84 Å². The van der Waals surface area contributed by atoms with E-state index in [9.17, 15) is 22.8 Å². The Morgan fingerprint density at radius 3 is 2.48 bits per heavy atom. The van der Waals surface area contributed by atoms with Crippen molar-refractivity contribution in [2.75, 3.05) is 0 Å². The van der Waals surface area contributed by atoms with Crippen LogP contribution in [0.4, 0.5) is 13.2 Å². The molecule has 0 heterocycles. The molecule has 1 fully saturated rings. The molecule has 1 atom stereocenters. The molecule has 1 amide bonds. The molecule has 2 N–H and O–H groups in total. The molecule has 23 heavy (non-hydrogen) atoms. The van der Waals surface area contributed by atoms with Gasteiger partial charge < -0.3 is 15.2 Å². The van der Waals surface area contributed by atoms with Gasteiger partial charge in [0.1, 0.15) is 5.75 Å². The first-order chi connectivity index (χ1) is 10.7. The number of benzene rings is 1. The minimum Gasteiger partial charge on any atom is -0.481 e. The number of para-hydroxylation sites is 1. The summed E-state index contributed by atoms with van der Waals surface area (Å²) < 4.78 is 43.7. The van der Waals surface area contributed by atoms with Gasteiger partial charge in [-0.3, -0.25) is 9.59 Å². The first-order valence-electron chi connectivity index (χ1n) is 7.04. The maximum Gasteiger partial charge on any atom is 0.419 e. The van der Waals surface area contributed by atoms with E-state index >= 15 is 0 Å². The average Bonchev–Trinajstić information content (AvgIpc) is 2.40. The van der Waals surface area contributed by atoms with Gasteiger partial charge in [0, 0.05) is 6.04 Å². The standard InChI is InChI=1S/C15H16F3NO4/c1-8(13(20)19-10-6-9(7-10)14(21)22)23-12-5-3-2-4-11(12)15(16,17)18/h2-5,8-10H,6-7H2,1H3,(H,19,20)(H,21,22). The number of amides is 1. The fourth-order valence-corrected chi connectivity index (χ4v) is 2.30. The Morgan fingerprint density at radius 1 is 1.30 bits per heavy atom. The molecule has 8 heteroatoms. The zero-order valence-electron chi connectivity index (χ0n) is 12.3. The lowest BCUT2D eigenvalue weighted by molar-refractivity contribution is -0.146. The summed E-state index contributed by atoms with van der Waals surface area (Å²) >= 11 is 0. The summed E-state index contributed by atoms with van der Waals surface area (Å²) in [6.07, 6.45) is -5.07. The summed E-state index contributed by atoms with van der Waals surface area (Å²) in [6, 6.07) is 4.37. The van der Waals surface area contributed by atoms with E-state index in [0.29, 0.717) is 12.8 Å². The molecular formula is C15H16F3NO4. The molecule has 0 saturated heterocycles. The summed E-state index contributed by atoms with van der Waals surface area (Å²) in [5.41, 5.74) is -0.950. The molecule has 2 rings (SSSR count). The number of rotatable bonds is 5. The van der Waals surface area contributed by atoms with Crippen LogP contribution in [-0.2, 0) is 15.8 Å². The third-order valence-corrected chi connectivity index (χ3v) is 3.70. The van der Waals surface area contributed by atoms with E-state index < -0.39 is 41.4 Å². The molecule has 1 saturated carbocycles. The predicted octanol–water partition coefficient (Wildman–Crippen LogP) is 2.45. The zero-order valence-corrected chi connectivity index (χ0v) is 12.3. The van der Waals surface area contributed by atoms with Crippen LogP contribution in [-0.4, -0.2) is 29.1 Å². The highest BCUT2D eigenvalue weighted by Crippen LogP contribution is 2.36. The summed E-state index contributed by atoms with van der Waals surface area (Å²) in [7, 11) is 0. The second kappa shape index (κ2) is 6.47. The Balaban J connectivity index is 1.93. The Bertz CT molecular complexity index is 597. The van der Waals surface area contributed by atoms with Crippen LogP contribution in [0, 0.1) is 5.92 Å². The number of carboxylic acids is 1. The maximum atomic E-state index is 12.9. The van der Waals surface area contributed by atoms with Crippen LogP contribution in [0.15, 0.2) is 24.3 Å². The van der Waals surface area contributed by atoms with Crippen LogP contribution in [0.2, 0.25) is 0 Å². The lowest BCUT2D eigenvalue weighted by Crippen LogP contribution is -2.50. The van der Waals surface area contributed by atoms with E-state index in [2.05, 4.69) is 5.32 Å². The molecule has 0 aliphatic heterocycles. The molecule has 1 aliphatic carbocycles. The van der Waals surface area contributed by atoms with Gasteiger partial charge in [-0.05, 0) is 31.9 Å². The smallest absolute Gasteiger partial charge is 0.419 e. The molecule has 0 spiro atoms. The normalized spacial score (nSPS) is 21.9. The molecule has 1 aromatic carbocycles. The SMILES string of the molecule is CC(Oc1ccccc1C(F)(F)F)C(=O)NC1CC(C(=O)O)C1. The monoisotopic (exact) mass is 331 g/mol. The van der Waals surface area contributed by atoms with Gasteiger partial charge >= 0.3 is 12.1 Å². The van der Waals surface area contributed by atoms with Crippen molar-refractivity contribution in [1.82, 2.24) is 5.32 Å². The van der Waals surface area contributed by atoms with Gasteiger partial charge in [0.15, 0.2) is 6.10 Å². The van der Waals surface area contributed by atoms with Crippen molar-refractivity contribution in [2.24, 2.45) is 5.92 Å². The Hall–Kier alpha value is -2.25. The van der Waals surface area contributed by atoms with Crippen molar-refractivity contribution in [3.05, 3.63) is 29.8 Å². The molecule has 5 nitrogen and oxygen atoms in total. The third kappa shape index (κ3) is 4.14. The van der Waals surface area contributed by atoms with Gasteiger partial charge in [-0.2, -0.15) is 13.2 Å². The number of carbonyl (C=O) groups excluding carboxylic acids is 1. The number of carbonyl (C=O) groups is 2. The van der Waals surface area contributed by atoms with Crippen LogP contribution in [0.5, 0.6) is 5.75 Å². The highest BCUT2D eigenvalue weighted by molar-refractivity contribution is 5.81. The highest BCUT2D eigenvalue weighted by Gasteiger charge is 2.37. The first-order valence-corrected chi connectivity index (χ1v) is 7.04. The van der Waals surface area contributed by atoms with Gasteiger partial charge in [-0.25, -0.2) is 0 Å². The van der Waals surface area contributed by atoms with Crippen molar-refractivity contribution in [3.8, 4) is 5.75 Å². The highest BCUT2D eigenvalue weighted by atomic mass is 19.4. The van der Waals surface area contributed by atoms with Gasteiger partial charge in [-0.15, -0.1) is 0 Å². The Morgan fingerprint density at radius 2 is 1.91 bits per heavy atom. The number of hydrogen-bond donors (Lipinski definition) is 2. The predicted molar refractivity (Wildman–Crippen MR) is 73.8 cm³/mol. The van der Waals surface area contributed by atoms with Crippen molar-refractivity contribution in [2.45, 2.75) is 38.1 Å². The molecule has 1 aromatic rings. The second-order valence-electron chi connectivity index (χ2n) is 5.47. The van der Waals surface area contributed by atoms with Crippen molar-refractivity contribution >= 4 is 11.9 Å². The van der Waals surface area contributed by atoms with Gasteiger partial charge in [0.05, 0.1) is 11.5 Å². The maximum absolute atomic E-state index is 12.9. The molecule has 126 valence electrons. The molecule has 0 aromatic heterocycles. The minimum absolute atomic E-state index is 0.285. The quantitative estimate of drug-likeness (QED) is 0.869. The summed E-state index contributed by atoms with van der Waals surface area (Å²) in [6.45, 7) is 1.34. The zero-order chi connectivity index (χ0) is 17.2. The van der Waals surface area contributed by atoms with E-state index in [0.717, 1.165) is 12.1 Å². The van der Waals surface area contributed by atoms with Crippen molar-refractivity contribution < 1.29 is 32.6 Å². The van der Waals surface area contributed by atoms with Crippen LogP contribution in [0.3, 0.4) is 0 Å². The average molecular weight is 331 g/mol. The van der Waals surface area contributed by atoms with Crippen LogP contribution >= 0.6 is 0 Å². The van der Waals surface area contributed by atoms with Crippen molar-refractivity contribution in [3.63, 3.8) is 0 Å². The topological polar surface area (TPSA) is 75.6 Å². The largest absolute Gasteiger partial charge is 0.481 e. The number of alkyl halides is 3. The number of halogens is 3. The van der Waals surface area contributed by atoms with E-state index in [1.165, 1.54) is 19.1 Å². The summed E-state index contributed by atoms with van der Waals surface area (Å²) in [5, 5.41) is 11.3. The van der Waals surface area contributed by atoms with E-state index in [-0.39, 0.29) is 6.04 Å². The lowest BCUT2D eigenvalue weighted by Gasteiger charge is -2.33. The van der Waals surface area contributed by atoms with Crippen LogP contribution < -0.4 is 10.1 Å². The molecule has 0 radical (unpaired) electrons. The Labute approximate surface area is 130 Å². The summed E-state index contributed by atoms with van der Waals surface area (Å²) in [4.78, 5) is 22.6. The number of nitrogens with one attached hydrogen (secondary N) is 1. The lowest BCUT2D eigenvalue weighted by atomic mass is 9.80.